The van der Waals surface area contributed by atoms with Crippen LogP contribution in [0, 0.1) is 0 Å². The molecule has 1 heteroatoms. The molecule has 0 amide bonds. The zero-order valence-corrected chi connectivity index (χ0v) is 10.8. The van der Waals surface area contributed by atoms with Crippen molar-refractivity contribution in [2.24, 2.45) is 0 Å². The number of rotatable bonds is 2. The fourth-order valence-electron chi connectivity index (χ4n) is 3.03. The summed E-state index contributed by atoms with van der Waals surface area (Å²) in [6.07, 6.45) is 2.40. The monoisotopic (exact) mass is 237 g/mol. The minimum Gasteiger partial charge on any atom is -0.365 e. The summed E-state index contributed by atoms with van der Waals surface area (Å²) in [5.74, 6) is 0. The number of fused-ring (bicyclic) bond motifs is 1. The third-order valence-electron chi connectivity index (χ3n) is 3.89. The highest BCUT2D eigenvalue weighted by Crippen LogP contribution is 2.37. The van der Waals surface area contributed by atoms with E-state index in [0.29, 0.717) is 6.04 Å². The Kier molecular flexibility index (Phi) is 3.06. The van der Waals surface area contributed by atoms with Crippen molar-refractivity contribution in [3.05, 3.63) is 65.7 Å². The molecule has 1 aliphatic rings. The van der Waals surface area contributed by atoms with Gasteiger partial charge in [-0.25, -0.2) is 0 Å². The average molecular weight is 237 g/mol. The van der Waals surface area contributed by atoms with E-state index >= 15 is 0 Å². The molecule has 18 heavy (non-hydrogen) atoms. The van der Waals surface area contributed by atoms with E-state index in [4.69, 9.17) is 0 Å². The molecule has 0 fully saturated rings. The van der Waals surface area contributed by atoms with Gasteiger partial charge in [-0.05, 0) is 37.0 Å². The Morgan fingerprint density at radius 3 is 2.50 bits per heavy atom. The van der Waals surface area contributed by atoms with Crippen LogP contribution in [0.1, 0.15) is 30.5 Å². The third-order valence-corrected chi connectivity index (χ3v) is 3.89. The summed E-state index contributed by atoms with van der Waals surface area (Å²) in [5, 5.41) is 0. The maximum atomic E-state index is 2.54. The molecule has 2 aromatic rings. The van der Waals surface area contributed by atoms with Crippen molar-refractivity contribution in [3.8, 4) is 0 Å². The Balaban J connectivity index is 2.00. The van der Waals surface area contributed by atoms with Crippen LogP contribution in [0.5, 0.6) is 0 Å². The Morgan fingerprint density at radius 1 is 1.00 bits per heavy atom. The number of nitrogens with zero attached hydrogens (tertiary/aromatic N) is 1. The summed E-state index contributed by atoms with van der Waals surface area (Å²) >= 11 is 0. The minimum atomic E-state index is 0.533. The molecule has 0 bridgehead atoms. The van der Waals surface area contributed by atoms with E-state index in [1.165, 1.54) is 29.7 Å². The fourth-order valence-corrected chi connectivity index (χ4v) is 3.03. The molecule has 0 saturated carbocycles. The Hall–Kier alpha value is -1.76. The van der Waals surface area contributed by atoms with Crippen molar-refractivity contribution in [1.29, 1.82) is 0 Å². The van der Waals surface area contributed by atoms with Crippen LogP contribution in [0.15, 0.2) is 54.6 Å². The van der Waals surface area contributed by atoms with Crippen LogP contribution < -0.4 is 4.90 Å². The van der Waals surface area contributed by atoms with Gasteiger partial charge >= 0.3 is 0 Å². The van der Waals surface area contributed by atoms with Gasteiger partial charge < -0.3 is 4.90 Å². The van der Waals surface area contributed by atoms with Gasteiger partial charge in [0.25, 0.3) is 0 Å². The zero-order chi connectivity index (χ0) is 12.4. The number of hydrogen-bond donors (Lipinski definition) is 0. The van der Waals surface area contributed by atoms with Crippen LogP contribution in [-0.4, -0.2) is 6.54 Å². The number of aryl methyl sites for hydroxylation is 1. The maximum absolute atomic E-state index is 2.54. The second kappa shape index (κ2) is 4.85. The zero-order valence-electron chi connectivity index (χ0n) is 10.8. The smallest absolute Gasteiger partial charge is 0.0545 e. The third kappa shape index (κ3) is 1.90. The van der Waals surface area contributed by atoms with E-state index in [1.54, 1.807) is 0 Å². The summed E-state index contributed by atoms with van der Waals surface area (Å²) in [5.41, 5.74) is 4.35. The first-order chi connectivity index (χ1) is 8.90. The second-order valence-electron chi connectivity index (χ2n) is 4.88. The Labute approximate surface area is 109 Å². The molecule has 1 atom stereocenters. The fraction of sp³-hybridized carbons (Fsp3) is 0.294. The Bertz CT molecular complexity index is 518. The molecule has 0 spiro atoms. The standard InChI is InChI=1S/C17H19N/c1-2-18-16-11-7-6-10-15(16)12-13-17(18)14-8-4-3-5-9-14/h3-11,17H,2,12-13H2,1H3. The quantitative estimate of drug-likeness (QED) is 0.756. The lowest BCUT2D eigenvalue weighted by Gasteiger charge is -2.38. The van der Waals surface area contributed by atoms with E-state index in [0.717, 1.165) is 6.54 Å². The molecule has 1 heterocycles. The highest BCUT2D eigenvalue weighted by Gasteiger charge is 2.25. The molecular formula is C17H19N. The first-order valence-corrected chi connectivity index (χ1v) is 6.79. The van der Waals surface area contributed by atoms with Gasteiger partial charge in [0.2, 0.25) is 0 Å². The molecule has 1 nitrogen and oxygen atoms in total. The van der Waals surface area contributed by atoms with E-state index in [2.05, 4.69) is 66.4 Å². The summed E-state index contributed by atoms with van der Waals surface area (Å²) in [7, 11) is 0. The van der Waals surface area contributed by atoms with Gasteiger partial charge in [0, 0.05) is 12.2 Å². The van der Waals surface area contributed by atoms with Crippen LogP contribution in [0.25, 0.3) is 0 Å². The highest BCUT2D eigenvalue weighted by molar-refractivity contribution is 5.57. The van der Waals surface area contributed by atoms with Crippen molar-refractivity contribution in [1.82, 2.24) is 0 Å². The van der Waals surface area contributed by atoms with E-state index in [-0.39, 0.29) is 0 Å². The second-order valence-corrected chi connectivity index (χ2v) is 4.88. The van der Waals surface area contributed by atoms with Crippen LogP contribution in [0.4, 0.5) is 5.69 Å². The molecule has 1 aliphatic heterocycles. The number of anilines is 1. The van der Waals surface area contributed by atoms with Gasteiger partial charge in [-0.2, -0.15) is 0 Å². The topological polar surface area (TPSA) is 3.24 Å². The normalized spacial score (nSPS) is 18.5. The van der Waals surface area contributed by atoms with Crippen LogP contribution in [0.2, 0.25) is 0 Å². The molecule has 0 N–H and O–H groups in total. The molecule has 0 saturated heterocycles. The Morgan fingerprint density at radius 2 is 1.72 bits per heavy atom. The molecular weight excluding hydrogens is 218 g/mol. The van der Waals surface area contributed by atoms with E-state index in [9.17, 15) is 0 Å². The summed E-state index contributed by atoms with van der Waals surface area (Å²) in [6, 6.07) is 20.2. The first-order valence-electron chi connectivity index (χ1n) is 6.79. The van der Waals surface area contributed by atoms with Crippen molar-refractivity contribution < 1.29 is 0 Å². The summed E-state index contributed by atoms with van der Waals surface area (Å²) in [4.78, 5) is 2.54. The number of benzene rings is 2. The molecule has 2 aromatic carbocycles. The first kappa shape index (κ1) is 11.3. The van der Waals surface area contributed by atoms with Gasteiger partial charge in [-0.3, -0.25) is 0 Å². The summed E-state index contributed by atoms with van der Waals surface area (Å²) < 4.78 is 0. The van der Waals surface area contributed by atoms with Gasteiger partial charge in [-0.1, -0.05) is 48.5 Å². The predicted molar refractivity (Wildman–Crippen MR) is 77.0 cm³/mol. The molecule has 1 unspecified atom stereocenters. The molecule has 3 rings (SSSR count). The number of hydrogen-bond acceptors (Lipinski definition) is 1. The van der Waals surface area contributed by atoms with Gasteiger partial charge in [0.1, 0.15) is 0 Å². The lowest BCUT2D eigenvalue weighted by Crippen LogP contribution is -2.32. The minimum absolute atomic E-state index is 0.533. The van der Waals surface area contributed by atoms with Crippen LogP contribution in [-0.2, 0) is 6.42 Å². The lowest BCUT2D eigenvalue weighted by atomic mass is 9.91. The highest BCUT2D eigenvalue weighted by atomic mass is 15.2. The summed E-state index contributed by atoms with van der Waals surface area (Å²) in [6.45, 7) is 3.31. The van der Waals surface area contributed by atoms with Crippen molar-refractivity contribution in [2.75, 3.05) is 11.4 Å². The predicted octanol–water partition coefficient (Wildman–Crippen LogP) is 4.20. The van der Waals surface area contributed by atoms with Crippen LogP contribution in [0.3, 0.4) is 0 Å². The maximum Gasteiger partial charge on any atom is 0.0545 e. The largest absolute Gasteiger partial charge is 0.365 e. The van der Waals surface area contributed by atoms with Crippen molar-refractivity contribution in [2.45, 2.75) is 25.8 Å². The molecule has 0 aromatic heterocycles. The molecule has 0 aliphatic carbocycles. The van der Waals surface area contributed by atoms with Gasteiger partial charge in [0.15, 0.2) is 0 Å². The van der Waals surface area contributed by atoms with Crippen molar-refractivity contribution in [3.63, 3.8) is 0 Å². The van der Waals surface area contributed by atoms with Gasteiger partial charge in [0.05, 0.1) is 6.04 Å². The lowest BCUT2D eigenvalue weighted by molar-refractivity contribution is 0.559. The average Bonchev–Trinajstić information content (AvgIpc) is 2.47. The van der Waals surface area contributed by atoms with E-state index in [1.807, 2.05) is 0 Å². The molecule has 92 valence electrons. The van der Waals surface area contributed by atoms with E-state index < -0.39 is 0 Å². The SMILES string of the molecule is CCN1c2ccccc2CCC1c1ccccc1. The van der Waals surface area contributed by atoms with Crippen molar-refractivity contribution >= 4 is 5.69 Å². The molecule has 0 radical (unpaired) electrons. The van der Waals surface area contributed by atoms with Crippen LogP contribution >= 0.6 is 0 Å². The van der Waals surface area contributed by atoms with Gasteiger partial charge in [-0.15, -0.1) is 0 Å². The number of para-hydroxylation sites is 1.